The van der Waals surface area contributed by atoms with Crippen molar-refractivity contribution < 1.29 is 4.74 Å². The van der Waals surface area contributed by atoms with Crippen LogP contribution in [0.4, 0.5) is 0 Å². The number of hydrogen-bond acceptors (Lipinski definition) is 4. The van der Waals surface area contributed by atoms with Gasteiger partial charge < -0.3 is 25.2 Å². The highest BCUT2D eigenvalue weighted by Crippen LogP contribution is 2.17. The van der Waals surface area contributed by atoms with E-state index in [0.29, 0.717) is 0 Å². The molecule has 0 amide bonds. The molecule has 7 heteroatoms. The number of nitrogens with zero attached hydrogens (tertiary/aromatic N) is 3. The molecule has 160 valence electrons. The fourth-order valence-electron chi connectivity index (χ4n) is 3.28. The van der Waals surface area contributed by atoms with E-state index in [2.05, 4.69) is 46.5 Å². The van der Waals surface area contributed by atoms with Crippen molar-refractivity contribution in [3.05, 3.63) is 29.8 Å². The molecular formula is C21H38IN5O. The van der Waals surface area contributed by atoms with Gasteiger partial charge in [0.2, 0.25) is 0 Å². The zero-order valence-corrected chi connectivity index (χ0v) is 20.1. The Bertz CT molecular complexity index is 561. The third-order valence-electron chi connectivity index (χ3n) is 4.97. The van der Waals surface area contributed by atoms with Crippen LogP contribution in [0, 0.1) is 0 Å². The number of hydrogen-bond donors (Lipinski definition) is 2. The molecule has 1 fully saturated rings. The van der Waals surface area contributed by atoms with Crippen LogP contribution in [0.1, 0.15) is 25.3 Å². The Morgan fingerprint density at radius 1 is 1.11 bits per heavy atom. The van der Waals surface area contributed by atoms with Gasteiger partial charge in [-0.05, 0) is 51.4 Å². The number of aliphatic imine (C=N–C) groups is 1. The zero-order valence-electron chi connectivity index (χ0n) is 17.7. The molecule has 1 aliphatic rings. The van der Waals surface area contributed by atoms with Gasteiger partial charge in [0.1, 0.15) is 5.75 Å². The second-order valence-corrected chi connectivity index (χ2v) is 7.10. The Hall–Kier alpha value is -1.06. The van der Waals surface area contributed by atoms with Gasteiger partial charge in [0, 0.05) is 45.8 Å². The molecule has 1 aliphatic heterocycles. The first-order chi connectivity index (χ1) is 13.2. The van der Waals surface area contributed by atoms with Crippen molar-refractivity contribution in [3.63, 3.8) is 0 Å². The maximum atomic E-state index is 5.42. The fourth-order valence-corrected chi connectivity index (χ4v) is 3.28. The molecule has 1 saturated heterocycles. The number of rotatable bonds is 10. The summed E-state index contributed by atoms with van der Waals surface area (Å²) in [4.78, 5) is 9.69. The average Bonchev–Trinajstić information content (AvgIpc) is 2.69. The largest absolute Gasteiger partial charge is 0.496 e. The van der Waals surface area contributed by atoms with Crippen LogP contribution in [0.25, 0.3) is 0 Å². The molecular weight excluding hydrogens is 465 g/mol. The van der Waals surface area contributed by atoms with Crippen LogP contribution in [0.15, 0.2) is 29.3 Å². The summed E-state index contributed by atoms with van der Waals surface area (Å²) in [5.41, 5.74) is 1.22. The molecule has 6 nitrogen and oxygen atoms in total. The molecule has 0 saturated carbocycles. The normalized spacial score (nSPS) is 15.8. The van der Waals surface area contributed by atoms with E-state index in [1.807, 2.05) is 12.1 Å². The lowest BCUT2D eigenvalue weighted by Crippen LogP contribution is -2.44. The highest BCUT2D eigenvalue weighted by Gasteiger charge is 2.12. The van der Waals surface area contributed by atoms with Gasteiger partial charge in [-0.1, -0.05) is 18.2 Å². The molecule has 0 atom stereocenters. The van der Waals surface area contributed by atoms with Gasteiger partial charge in [-0.15, -0.1) is 24.0 Å². The van der Waals surface area contributed by atoms with Gasteiger partial charge in [0.05, 0.1) is 7.11 Å². The Balaban J connectivity index is 0.00000392. The van der Waals surface area contributed by atoms with Gasteiger partial charge in [-0.2, -0.15) is 0 Å². The van der Waals surface area contributed by atoms with E-state index in [0.717, 1.165) is 44.2 Å². The highest BCUT2D eigenvalue weighted by atomic mass is 127. The SMILES string of the molecule is CCNC(=NCCCCN1CCN(C)CC1)NCCc1ccccc1OC.I. The Kier molecular flexibility index (Phi) is 13.3. The monoisotopic (exact) mass is 503 g/mol. The molecule has 0 spiro atoms. The fraction of sp³-hybridized carbons (Fsp3) is 0.667. The molecule has 2 rings (SSSR count). The first kappa shape index (κ1) is 25.0. The van der Waals surface area contributed by atoms with Crippen molar-refractivity contribution in [2.75, 3.05) is 66.5 Å². The number of benzene rings is 1. The lowest BCUT2D eigenvalue weighted by Gasteiger charge is -2.32. The highest BCUT2D eigenvalue weighted by molar-refractivity contribution is 14.0. The number of piperazine rings is 1. The van der Waals surface area contributed by atoms with Gasteiger partial charge >= 0.3 is 0 Å². The summed E-state index contributed by atoms with van der Waals surface area (Å²) in [6.07, 6.45) is 3.26. The van der Waals surface area contributed by atoms with E-state index in [1.54, 1.807) is 7.11 Å². The molecule has 1 heterocycles. The predicted octanol–water partition coefficient (Wildman–Crippen LogP) is 2.44. The summed E-state index contributed by atoms with van der Waals surface area (Å²) in [7, 11) is 3.93. The van der Waals surface area contributed by atoms with E-state index < -0.39 is 0 Å². The van der Waals surface area contributed by atoms with Crippen molar-refractivity contribution in [1.82, 2.24) is 20.4 Å². The van der Waals surface area contributed by atoms with Crippen molar-refractivity contribution in [2.24, 2.45) is 4.99 Å². The maximum Gasteiger partial charge on any atom is 0.191 e. The predicted molar refractivity (Wildman–Crippen MR) is 129 cm³/mol. The molecule has 0 radical (unpaired) electrons. The van der Waals surface area contributed by atoms with Crippen molar-refractivity contribution in [2.45, 2.75) is 26.2 Å². The van der Waals surface area contributed by atoms with Crippen LogP contribution in [0.3, 0.4) is 0 Å². The van der Waals surface area contributed by atoms with E-state index in [9.17, 15) is 0 Å². The topological polar surface area (TPSA) is 52.1 Å². The number of methoxy groups -OCH3 is 1. The molecule has 2 N–H and O–H groups in total. The maximum absolute atomic E-state index is 5.42. The number of ether oxygens (including phenoxy) is 1. The Morgan fingerprint density at radius 2 is 1.86 bits per heavy atom. The van der Waals surface area contributed by atoms with Crippen molar-refractivity contribution in [3.8, 4) is 5.75 Å². The summed E-state index contributed by atoms with van der Waals surface area (Å²) in [5.74, 6) is 1.86. The first-order valence-electron chi connectivity index (χ1n) is 10.3. The van der Waals surface area contributed by atoms with Gasteiger partial charge in [0.25, 0.3) is 0 Å². The van der Waals surface area contributed by atoms with Gasteiger partial charge in [-0.25, -0.2) is 0 Å². The number of halogens is 1. The summed E-state index contributed by atoms with van der Waals surface area (Å²) >= 11 is 0. The number of guanidine groups is 1. The zero-order chi connectivity index (χ0) is 19.3. The average molecular weight is 503 g/mol. The van der Waals surface area contributed by atoms with E-state index in [-0.39, 0.29) is 24.0 Å². The molecule has 1 aromatic rings. The molecule has 0 unspecified atom stereocenters. The molecule has 0 aromatic heterocycles. The molecule has 28 heavy (non-hydrogen) atoms. The number of unbranched alkanes of at least 4 members (excludes halogenated alkanes) is 1. The quantitative estimate of drug-likeness (QED) is 0.223. The van der Waals surface area contributed by atoms with Gasteiger partial charge in [0.15, 0.2) is 5.96 Å². The smallest absolute Gasteiger partial charge is 0.191 e. The lowest BCUT2D eigenvalue weighted by atomic mass is 10.1. The number of nitrogens with one attached hydrogen (secondary N) is 2. The summed E-state index contributed by atoms with van der Waals surface area (Å²) in [6, 6.07) is 8.18. The molecule has 0 bridgehead atoms. The molecule has 1 aromatic carbocycles. The van der Waals surface area contributed by atoms with Crippen LogP contribution < -0.4 is 15.4 Å². The lowest BCUT2D eigenvalue weighted by molar-refractivity contribution is 0.152. The van der Waals surface area contributed by atoms with Crippen LogP contribution >= 0.6 is 24.0 Å². The standard InChI is InChI=1S/C21H37N5O.HI/c1-4-22-21(24-13-11-19-9-5-6-10-20(19)27-3)23-12-7-8-14-26-17-15-25(2)16-18-26;/h5-6,9-10H,4,7-8,11-18H2,1-3H3,(H2,22,23,24);1H. The Labute approximate surface area is 188 Å². The minimum Gasteiger partial charge on any atom is -0.496 e. The third-order valence-corrected chi connectivity index (χ3v) is 4.97. The van der Waals surface area contributed by atoms with Crippen molar-refractivity contribution in [1.29, 1.82) is 0 Å². The van der Waals surface area contributed by atoms with Gasteiger partial charge in [-0.3, -0.25) is 4.99 Å². The minimum atomic E-state index is 0. The van der Waals surface area contributed by atoms with Crippen LogP contribution in [-0.4, -0.2) is 82.3 Å². The van der Waals surface area contributed by atoms with E-state index in [1.165, 1.54) is 44.7 Å². The summed E-state index contributed by atoms with van der Waals surface area (Å²) in [6.45, 7) is 10.7. The first-order valence-corrected chi connectivity index (χ1v) is 10.3. The number of para-hydroxylation sites is 1. The minimum absolute atomic E-state index is 0. The molecule has 0 aliphatic carbocycles. The van der Waals surface area contributed by atoms with Crippen LogP contribution in [0.5, 0.6) is 5.75 Å². The second-order valence-electron chi connectivity index (χ2n) is 7.10. The third kappa shape index (κ3) is 9.43. The second kappa shape index (κ2) is 14.9. The summed E-state index contributed by atoms with van der Waals surface area (Å²) < 4.78 is 5.42. The van der Waals surface area contributed by atoms with E-state index in [4.69, 9.17) is 9.73 Å². The van der Waals surface area contributed by atoms with Crippen LogP contribution in [-0.2, 0) is 6.42 Å². The summed E-state index contributed by atoms with van der Waals surface area (Å²) in [5, 5.41) is 6.77. The van der Waals surface area contributed by atoms with Crippen LogP contribution in [0.2, 0.25) is 0 Å². The Morgan fingerprint density at radius 3 is 2.57 bits per heavy atom. The van der Waals surface area contributed by atoms with E-state index >= 15 is 0 Å². The van der Waals surface area contributed by atoms with Crippen molar-refractivity contribution >= 4 is 29.9 Å². The number of likely N-dealkylation sites (N-methyl/N-ethyl adjacent to an activating group) is 1.